The van der Waals surface area contributed by atoms with Crippen molar-refractivity contribution in [3.05, 3.63) is 59.2 Å². The minimum atomic E-state index is -0.757. The maximum atomic E-state index is 13.2. The number of likely N-dealkylation sites (tertiary alicyclic amines) is 1. The third-order valence-electron chi connectivity index (χ3n) is 5.64. The monoisotopic (exact) mass is 454 g/mol. The summed E-state index contributed by atoms with van der Waals surface area (Å²) in [5, 5.41) is 11.4. The number of hydrogen-bond acceptors (Lipinski definition) is 7. The molecule has 8 nitrogen and oxygen atoms in total. The van der Waals surface area contributed by atoms with Crippen molar-refractivity contribution in [2.45, 2.75) is 12.5 Å². The van der Waals surface area contributed by atoms with Crippen molar-refractivity contribution >= 4 is 17.4 Å². The van der Waals surface area contributed by atoms with Gasteiger partial charge in [-0.25, -0.2) is 0 Å². The molecule has 8 heteroatoms. The third kappa shape index (κ3) is 4.80. The molecule has 1 atom stereocenters. The fourth-order valence-corrected chi connectivity index (χ4v) is 4.02. The fraction of sp³-hybridized carbons (Fsp3) is 0.360. The largest absolute Gasteiger partial charge is 0.506 e. The van der Waals surface area contributed by atoms with Gasteiger partial charge in [-0.3, -0.25) is 9.59 Å². The van der Waals surface area contributed by atoms with Gasteiger partial charge in [0.15, 0.2) is 0 Å². The first-order valence-electron chi connectivity index (χ1n) is 10.6. The quantitative estimate of drug-likeness (QED) is 0.354. The van der Waals surface area contributed by atoms with Gasteiger partial charge in [-0.15, -0.1) is 0 Å². The molecule has 0 bridgehead atoms. The smallest absolute Gasteiger partial charge is 0.295 e. The maximum Gasteiger partial charge on any atom is 0.295 e. The lowest BCUT2D eigenvalue weighted by Crippen LogP contribution is -2.32. The number of aliphatic hydroxyl groups excluding tert-OH is 1. The first-order chi connectivity index (χ1) is 15.8. The van der Waals surface area contributed by atoms with E-state index in [9.17, 15) is 14.7 Å². The lowest BCUT2D eigenvalue weighted by atomic mass is 9.94. The standard InChI is InChI=1S/C25H30N2O6/c1-26(2)14-7-15-27-22(16-10-12-17(31-3)13-11-16)21(24(29)25(27)30)23(28)20-18(32-4)8-6-9-19(20)33-5/h6,8-13,22,28H,7,14-15H2,1-5H3/b23-21+. The molecule has 2 aromatic carbocycles. The minimum absolute atomic E-state index is 0.00202. The average Bonchev–Trinajstić information content (AvgIpc) is 3.07. The molecule has 1 aliphatic rings. The van der Waals surface area contributed by atoms with Gasteiger partial charge >= 0.3 is 0 Å². The summed E-state index contributed by atoms with van der Waals surface area (Å²) in [6.45, 7) is 1.11. The Bertz CT molecular complexity index is 1020. The molecule has 1 fully saturated rings. The summed E-state index contributed by atoms with van der Waals surface area (Å²) in [6.07, 6.45) is 0.671. The van der Waals surface area contributed by atoms with Crippen LogP contribution in [0.4, 0.5) is 0 Å². The van der Waals surface area contributed by atoms with E-state index in [1.54, 1.807) is 49.6 Å². The van der Waals surface area contributed by atoms with Crippen molar-refractivity contribution < 1.29 is 28.9 Å². The second-order valence-corrected chi connectivity index (χ2v) is 7.96. The number of ketones is 1. The molecule has 1 unspecified atom stereocenters. The Labute approximate surface area is 194 Å². The summed E-state index contributed by atoms with van der Waals surface area (Å²) in [5.74, 6) is -0.414. The molecule has 0 spiro atoms. The molecule has 1 saturated heterocycles. The molecule has 176 valence electrons. The maximum absolute atomic E-state index is 13.2. The minimum Gasteiger partial charge on any atom is -0.506 e. The van der Waals surface area contributed by atoms with Crippen LogP contribution in [0.25, 0.3) is 5.76 Å². The third-order valence-corrected chi connectivity index (χ3v) is 5.64. The van der Waals surface area contributed by atoms with Gasteiger partial charge < -0.3 is 29.1 Å². The van der Waals surface area contributed by atoms with E-state index in [1.807, 2.05) is 19.0 Å². The van der Waals surface area contributed by atoms with E-state index < -0.39 is 17.7 Å². The second kappa shape index (κ2) is 10.4. The van der Waals surface area contributed by atoms with E-state index in [-0.39, 0.29) is 16.9 Å². The second-order valence-electron chi connectivity index (χ2n) is 7.96. The van der Waals surface area contributed by atoms with Crippen LogP contribution < -0.4 is 14.2 Å². The lowest BCUT2D eigenvalue weighted by molar-refractivity contribution is -0.139. The Morgan fingerprint density at radius 3 is 2.09 bits per heavy atom. The molecule has 0 aliphatic carbocycles. The highest BCUT2D eigenvalue weighted by Gasteiger charge is 2.46. The Kier molecular flexibility index (Phi) is 7.60. The number of carbonyl (C=O) groups is 2. The number of benzene rings is 2. The first kappa shape index (κ1) is 24.1. The van der Waals surface area contributed by atoms with Crippen molar-refractivity contribution in [3.8, 4) is 17.2 Å². The molecule has 0 aromatic heterocycles. The average molecular weight is 455 g/mol. The van der Waals surface area contributed by atoms with E-state index >= 15 is 0 Å². The molecular weight excluding hydrogens is 424 g/mol. The molecule has 1 N–H and O–H groups in total. The van der Waals surface area contributed by atoms with E-state index in [1.165, 1.54) is 19.1 Å². The summed E-state index contributed by atoms with van der Waals surface area (Å²) < 4.78 is 16.1. The highest BCUT2D eigenvalue weighted by atomic mass is 16.5. The van der Waals surface area contributed by atoms with Crippen molar-refractivity contribution in [1.82, 2.24) is 9.80 Å². The number of carbonyl (C=O) groups excluding carboxylic acids is 2. The number of nitrogens with zero attached hydrogens (tertiary/aromatic N) is 2. The number of amides is 1. The van der Waals surface area contributed by atoms with Crippen LogP contribution in [0.1, 0.15) is 23.6 Å². The van der Waals surface area contributed by atoms with Gasteiger partial charge in [0.05, 0.1) is 32.9 Å². The topological polar surface area (TPSA) is 88.5 Å². The predicted molar refractivity (Wildman–Crippen MR) is 125 cm³/mol. The van der Waals surface area contributed by atoms with Crippen LogP contribution in [0.3, 0.4) is 0 Å². The molecule has 0 radical (unpaired) electrons. The molecular formula is C25H30N2O6. The molecule has 1 heterocycles. The van der Waals surface area contributed by atoms with Crippen LogP contribution in [0.5, 0.6) is 17.2 Å². The van der Waals surface area contributed by atoms with Gasteiger partial charge in [0.1, 0.15) is 28.6 Å². The molecule has 2 aromatic rings. The highest BCUT2D eigenvalue weighted by Crippen LogP contribution is 2.43. The van der Waals surface area contributed by atoms with E-state index in [2.05, 4.69) is 0 Å². The summed E-state index contributed by atoms with van der Waals surface area (Å²) in [4.78, 5) is 29.8. The summed E-state index contributed by atoms with van der Waals surface area (Å²) in [5.41, 5.74) is 0.917. The molecule has 33 heavy (non-hydrogen) atoms. The number of aliphatic hydroxyl groups is 1. The Morgan fingerprint density at radius 1 is 0.970 bits per heavy atom. The van der Waals surface area contributed by atoms with Gasteiger partial charge in [0.2, 0.25) is 0 Å². The Balaban J connectivity index is 2.18. The van der Waals surface area contributed by atoms with Gasteiger partial charge in [-0.1, -0.05) is 18.2 Å². The normalized spacial score (nSPS) is 17.5. The first-order valence-corrected chi connectivity index (χ1v) is 10.6. The molecule has 1 amide bonds. The van der Waals surface area contributed by atoms with Crippen LogP contribution in [0.2, 0.25) is 0 Å². The zero-order valence-electron chi connectivity index (χ0n) is 19.6. The van der Waals surface area contributed by atoms with Gasteiger partial charge in [0, 0.05) is 6.54 Å². The summed E-state index contributed by atoms with van der Waals surface area (Å²) in [7, 11) is 8.39. The number of hydrogen-bond donors (Lipinski definition) is 1. The number of methoxy groups -OCH3 is 3. The zero-order valence-corrected chi connectivity index (χ0v) is 19.6. The fourth-order valence-electron chi connectivity index (χ4n) is 4.02. The molecule has 0 saturated carbocycles. The van der Waals surface area contributed by atoms with E-state index in [0.29, 0.717) is 35.8 Å². The SMILES string of the molecule is COc1ccc(C2/C(=C(\O)c3c(OC)cccc3OC)C(=O)C(=O)N2CCCN(C)C)cc1. The van der Waals surface area contributed by atoms with Crippen LogP contribution in [-0.2, 0) is 9.59 Å². The Hall–Kier alpha value is -3.52. The van der Waals surface area contributed by atoms with E-state index in [0.717, 1.165) is 6.54 Å². The number of Topliss-reactive ketones (excluding diaryl/α,β-unsaturated/α-hetero) is 1. The predicted octanol–water partition coefficient (Wildman–Crippen LogP) is 3.09. The van der Waals surface area contributed by atoms with Crippen molar-refractivity contribution in [2.75, 3.05) is 48.5 Å². The molecule has 3 rings (SSSR count). The number of ether oxygens (including phenoxy) is 3. The Morgan fingerprint density at radius 2 is 1.58 bits per heavy atom. The van der Waals surface area contributed by atoms with Crippen LogP contribution in [0.15, 0.2) is 48.0 Å². The lowest BCUT2D eigenvalue weighted by Gasteiger charge is -2.26. The van der Waals surface area contributed by atoms with Gasteiger partial charge in [0.25, 0.3) is 11.7 Å². The van der Waals surface area contributed by atoms with Gasteiger partial charge in [-0.2, -0.15) is 0 Å². The summed E-state index contributed by atoms with van der Waals surface area (Å²) in [6, 6.07) is 11.4. The zero-order chi connectivity index (χ0) is 24.1. The van der Waals surface area contributed by atoms with Crippen molar-refractivity contribution in [2.24, 2.45) is 0 Å². The summed E-state index contributed by atoms with van der Waals surface area (Å²) >= 11 is 0. The van der Waals surface area contributed by atoms with Gasteiger partial charge in [-0.05, 0) is 56.9 Å². The van der Waals surface area contributed by atoms with Crippen LogP contribution >= 0.6 is 0 Å². The number of rotatable bonds is 9. The van der Waals surface area contributed by atoms with Crippen molar-refractivity contribution in [1.29, 1.82) is 0 Å². The molecule has 1 aliphatic heterocycles. The van der Waals surface area contributed by atoms with Crippen molar-refractivity contribution in [3.63, 3.8) is 0 Å². The highest BCUT2D eigenvalue weighted by molar-refractivity contribution is 6.46. The van der Waals surface area contributed by atoms with Crippen LogP contribution in [-0.4, -0.2) is 75.1 Å². The van der Waals surface area contributed by atoms with Crippen LogP contribution in [0, 0.1) is 0 Å². The van der Waals surface area contributed by atoms with E-state index in [4.69, 9.17) is 14.2 Å².